The molecular weight excluding hydrogens is 1340 g/mol. The fourth-order valence-electron chi connectivity index (χ4n) is 9.24. The monoisotopic (exact) mass is 1410 g/mol. The van der Waals surface area contributed by atoms with E-state index in [0.717, 1.165) is 138 Å². The van der Waals surface area contributed by atoms with Gasteiger partial charge in [0.2, 0.25) is 0 Å². The van der Waals surface area contributed by atoms with Crippen molar-refractivity contribution in [3.63, 3.8) is 0 Å². The third kappa shape index (κ3) is 24.2. The number of pyridine rings is 2. The molecule has 2 aliphatic heterocycles. The van der Waals surface area contributed by atoms with E-state index in [0.29, 0.717) is 30.0 Å². The molecule has 1 aliphatic carbocycles. The second-order valence-electron chi connectivity index (χ2n) is 21.2. The molecule has 20 nitrogen and oxygen atoms in total. The van der Waals surface area contributed by atoms with Crippen LogP contribution in [0.25, 0.3) is 21.8 Å². The summed E-state index contributed by atoms with van der Waals surface area (Å²) in [5.74, 6) is 1.44. The molecule has 2 fully saturated rings. The number of ketones is 2. The molecule has 0 atom stereocenters. The number of nitrogens with one attached hydrogen (secondary N) is 3. The van der Waals surface area contributed by atoms with Crippen molar-refractivity contribution in [2.45, 2.75) is 62.7 Å². The minimum absolute atomic E-state index is 0.00346. The minimum atomic E-state index is -3.78. The number of nitrogens with zero attached hydrogens (tertiary/aromatic N) is 9. The molecule has 3 N–H and O–H groups in total. The maximum Gasteiger partial charge on any atom is 0.297 e. The molecule has 10 rings (SSSR count). The molecule has 3 aromatic carbocycles. The second-order valence-corrected chi connectivity index (χ2v) is 26.3. The molecule has 0 radical (unpaired) electrons. The van der Waals surface area contributed by atoms with Crippen LogP contribution in [0.5, 0.6) is 0 Å². The van der Waals surface area contributed by atoms with E-state index < -0.39 is 33.5 Å². The molecule has 0 bridgehead atoms. The number of rotatable bonds is 24. The summed E-state index contributed by atoms with van der Waals surface area (Å²) in [6.07, 6.45) is 20.8. The lowest BCUT2D eigenvalue weighted by Crippen LogP contribution is -2.46. The van der Waals surface area contributed by atoms with Crippen molar-refractivity contribution in [1.82, 2.24) is 49.9 Å². The zero-order valence-corrected chi connectivity index (χ0v) is 55.9. The average Bonchev–Trinajstić information content (AvgIpc) is 1.17. The highest BCUT2D eigenvalue weighted by Crippen LogP contribution is 2.28. The fourth-order valence-corrected chi connectivity index (χ4v) is 12.0. The van der Waals surface area contributed by atoms with E-state index in [4.69, 9.17) is 4.18 Å². The van der Waals surface area contributed by atoms with Gasteiger partial charge in [0.15, 0.2) is 11.6 Å². The van der Waals surface area contributed by atoms with E-state index in [2.05, 4.69) is 109 Å². The Morgan fingerprint density at radius 2 is 1.15 bits per heavy atom. The van der Waals surface area contributed by atoms with Crippen LogP contribution >= 0.6 is 31.9 Å². The van der Waals surface area contributed by atoms with Crippen molar-refractivity contribution in [3.05, 3.63) is 184 Å². The number of carbonyl (C=O) groups excluding carboxylic acids is 2. The number of benzene rings is 3. The summed E-state index contributed by atoms with van der Waals surface area (Å²) >= 11 is 7.00. The number of carbonyl (C=O) groups is 2. The minimum Gasteiger partial charge on any atom is -0.343 e. The number of anilines is 3. The van der Waals surface area contributed by atoms with Crippen molar-refractivity contribution in [1.29, 1.82) is 0 Å². The molecule has 0 spiro atoms. The Balaban J connectivity index is 0.000000185. The largest absolute Gasteiger partial charge is 0.343 e. The predicted molar refractivity (Wildman–Crippen MR) is 359 cm³/mol. The standard InChI is InChI=1S/C24H26BrFN6O.C22H25BrN6O.C10H14O3S.C9H11FO3S/c25-18-3-1-4-19(13-18)30-24-22-15-20(27-16-23(22)28-17-29-24)14-21(33)5-2-7-31-9-11-32(8-6-26)12-10-31;23-16-3-1-4-17(11-16)28-22-20-13-18(25-14-21(20)26-15-27-22)12-19(30)5-2-8-29-9-6-24-7-10-29;1-3-8-13-14(11,12)10-6-4-9(2)5-7-10;1-8-2-4-9(5-3-8)14(11,12)13-7-6-10/h1-5,13,15-17H,6-12,14H2,(H,28,29,30);2-3,5,11,13-15,24H,1,4,6-10,12H2,(H,26,27,28);4-7H,3,8H2,1-2H3;2-5H,6-7H2,1H3/b2*5-2+;;/i26-1;;;10-1. The van der Waals surface area contributed by atoms with Gasteiger partial charge >= 0.3 is 0 Å². The number of hydrogen-bond acceptors (Lipinski definition) is 20. The van der Waals surface area contributed by atoms with Gasteiger partial charge in [-0.3, -0.25) is 42.6 Å². The summed E-state index contributed by atoms with van der Waals surface area (Å²) in [5.41, 5.74) is 6.82. The highest BCUT2D eigenvalue weighted by molar-refractivity contribution is 9.12. The average molecular weight is 1410 g/mol. The van der Waals surface area contributed by atoms with Crippen molar-refractivity contribution < 1.29 is 43.6 Å². The van der Waals surface area contributed by atoms with Gasteiger partial charge in [0.05, 0.1) is 59.3 Å². The number of alkyl halides is 2. The van der Waals surface area contributed by atoms with E-state index in [9.17, 15) is 35.2 Å². The van der Waals surface area contributed by atoms with Gasteiger partial charge in [0, 0.05) is 114 Å². The number of halogens is 4. The van der Waals surface area contributed by atoms with Gasteiger partial charge < -0.3 is 16.0 Å². The van der Waals surface area contributed by atoms with Crippen LogP contribution in [-0.2, 0) is 51.0 Å². The predicted octanol–water partition coefficient (Wildman–Crippen LogP) is 10.5. The molecular formula is C65H76Br2F2N12O8S2. The van der Waals surface area contributed by atoms with Crippen molar-refractivity contribution in [3.8, 4) is 0 Å². The van der Waals surface area contributed by atoms with Crippen LogP contribution in [0.3, 0.4) is 0 Å². The molecule has 3 aliphatic rings. The Bertz CT molecular complexity index is 3790. The SMILES string of the molecule is CCCOS(=O)(=O)c1ccc(C)cc1.Cc1ccc(S(=O)(=O)OCC[18F])cc1.O=C(/C=C/CN1CCN(CC[18F])CC1)Cc1cc2c(Nc3cccc(Br)c3)ncnc2cn1.O=C(/C=C/CN1CCNCC1)Cc1cc2c(NC3=CC(Br)=CCC3)ncnc2cn1. The maximum atomic E-state index is 12.5. The van der Waals surface area contributed by atoms with Gasteiger partial charge in [-0.25, -0.2) is 28.7 Å². The van der Waals surface area contributed by atoms with E-state index in [1.54, 1.807) is 60.9 Å². The third-order valence-electron chi connectivity index (χ3n) is 14.1. The Morgan fingerprint density at radius 3 is 1.66 bits per heavy atom. The van der Waals surface area contributed by atoms with Crippen LogP contribution in [0.2, 0.25) is 0 Å². The maximum absolute atomic E-state index is 12.5. The summed E-state index contributed by atoms with van der Waals surface area (Å²) in [6.45, 7) is 13.9. The topological polar surface area (TPSA) is 244 Å². The highest BCUT2D eigenvalue weighted by Gasteiger charge is 2.18. The van der Waals surface area contributed by atoms with Gasteiger partial charge in [-0.15, -0.1) is 0 Å². The molecule has 0 amide bonds. The number of piperazine rings is 2. The van der Waals surface area contributed by atoms with Gasteiger partial charge in [-0.2, -0.15) is 16.8 Å². The van der Waals surface area contributed by atoms with Crippen LogP contribution in [-0.4, -0.2) is 172 Å². The smallest absolute Gasteiger partial charge is 0.297 e. The summed E-state index contributed by atoms with van der Waals surface area (Å²) in [7, 11) is -7.32. The van der Waals surface area contributed by atoms with E-state index >= 15 is 0 Å². The van der Waals surface area contributed by atoms with Crippen LogP contribution in [0, 0.1) is 13.8 Å². The lowest BCUT2D eigenvalue weighted by Gasteiger charge is -2.33. The molecule has 0 saturated carbocycles. The first-order chi connectivity index (χ1) is 43.9. The first kappa shape index (κ1) is 71.5. The number of aromatic nitrogens is 6. The van der Waals surface area contributed by atoms with Crippen molar-refractivity contribution in [2.24, 2.45) is 0 Å². The van der Waals surface area contributed by atoms with E-state index in [-0.39, 0.29) is 47.5 Å². The lowest BCUT2D eigenvalue weighted by atomic mass is 10.1. The van der Waals surface area contributed by atoms with Gasteiger partial charge in [-0.05, 0) is 106 Å². The Labute approximate surface area is 548 Å². The summed E-state index contributed by atoms with van der Waals surface area (Å²) < 4.78 is 81.0. The molecule has 4 aromatic heterocycles. The van der Waals surface area contributed by atoms with Crippen LogP contribution < -0.4 is 16.0 Å². The Hall–Kier alpha value is -6.98. The molecule has 484 valence electrons. The number of fused-ring (bicyclic) bond motifs is 2. The number of aryl methyl sites for hydroxylation is 2. The second kappa shape index (κ2) is 36.9. The summed E-state index contributed by atoms with van der Waals surface area (Å²) in [4.78, 5) is 58.1. The first-order valence-electron chi connectivity index (χ1n) is 29.8. The molecule has 0 unspecified atom stereocenters. The Morgan fingerprint density at radius 1 is 0.637 bits per heavy atom. The zero-order valence-electron chi connectivity index (χ0n) is 51.1. The van der Waals surface area contributed by atoms with E-state index in [1.807, 2.05) is 69.3 Å². The van der Waals surface area contributed by atoms with Gasteiger partial charge in [0.25, 0.3) is 20.2 Å². The molecule has 6 heterocycles. The molecule has 2 saturated heterocycles. The molecule has 91 heavy (non-hydrogen) atoms. The van der Waals surface area contributed by atoms with Crippen LogP contribution in [0.15, 0.2) is 171 Å². The van der Waals surface area contributed by atoms with Gasteiger partial charge in [0.1, 0.15) is 37.6 Å². The normalized spacial score (nSPS) is 15.0. The fraction of sp³-hybridized carbons (Fsp3) is 0.354. The number of allylic oxidation sites excluding steroid dienone is 6. The third-order valence-corrected chi connectivity index (χ3v) is 17.8. The Kier molecular flexibility index (Phi) is 29.0. The van der Waals surface area contributed by atoms with Gasteiger partial charge in [-0.1, -0.05) is 98.5 Å². The molecule has 7 aromatic rings. The zero-order chi connectivity index (χ0) is 65.0. The summed E-state index contributed by atoms with van der Waals surface area (Å²) in [6, 6.07) is 24.4. The van der Waals surface area contributed by atoms with Crippen LogP contribution in [0.1, 0.15) is 48.7 Å². The van der Waals surface area contributed by atoms with Crippen LogP contribution in [0.4, 0.5) is 26.1 Å². The van der Waals surface area contributed by atoms with Crippen molar-refractivity contribution in [2.75, 3.05) is 109 Å². The van der Waals surface area contributed by atoms with Crippen molar-refractivity contribution >= 4 is 103 Å². The van der Waals surface area contributed by atoms with E-state index in [1.165, 1.54) is 24.8 Å². The lowest BCUT2D eigenvalue weighted by molar-refractivity contribution is -0.114. The summed E-state index contributed by atoms with van der Waals surface area (Å²) in [5, 5.41) is 11.7. The first-order valence-corrected chi connectivity index (χ1v) is 34.2. The quantitative estimate of drug-likeness (QED) is 0.0376. The molecule has 26 heteroatoms. The highest BCUT2D eigenvalue weighted by atomic mass is 79.9. The number of hydrogen-bond donors (Lipinski definition) is 3.